The van der Waals surface area contributed by atoms with Gasteiger partial charge in [-0.05, 0) is 40.3 Å². The van der Waals surface area contributed by atoms with Gasteiger partial charge < -0.3 is 19.8 Å². The fraction of sp³-hybridized carbons (Fsp3) is 0.400. The van der Waals surface area contributed by atoms with Crippen molar-refractivity contribution in [1.29, 1.82) is 0 Å². The molecule has 2 heterocycles. The lowest BCUT2D eigenvalue weighted by molar-refractivity contribution is 0.147. The second kappa shape index (κ2) is 4.17. The number of benzene rings is 1. The van der Waals surface area contributed by atoms with E-state index in [2.05, 4.69) is 22.6 Å². The van der Waals surface area contributed by atoms with Crippen molar-refractivity contribution in [2.24, 2.45) is 5.73 Å². The molecular weight excluding hydrogens is 320 g/mol. The first-order valence-electron chi connectivity index (χ1n) is 5.23. The maximum absolute atomic E-state index is 5.79. The van der Waals surface area contributed by atoms with E-state index in [9.17, 15) is 0 Å². The number of rotatable bonds is 1. The molecule has 0 aromatic heterocycles. The number of nitrogens with two attached hydrogens (primary N) is 1. The first kappa shape index (κ1) is 10.8. The summed E-state index contributed by atoms with van der Waals surface area (Å²) < 4.78 is 18.2. The van der Waals surface area contributed by atoms with E-state index in [1.807, 2.05) is 12.1 Å². The van der Waals surface area contributed by atoms with E-state index in [1.54, 1.807) is 0 Å². The summed E-state index contributed by atoms with van der Waals surface area (Å²) in [6, 6.07) is 4.01. The van der Waals surface area contributed by atoms with Crippen LogP contribution >= 0.6 is 22.6 Å². The summed E-state index contributed by atoms with van der Waals surface area (Å²) in [5, 5.41) is 0. The molecule has 84 valence electrons. The van der Waals surface area contributed by atoms with E-state index in [0.29, 0.717) is 19.8 Å². The normalized spacial score (nSPS) is 22.6. The van der Waals surface area contributed by atoms with E-state index in [4.69, 9.17) is 19.8 Å². The number of ether oxygens (including phenoxy) is 1. The maximum Gasteiger partial charge on any atom is 0.498 e. The standard InChI is InChI=1S/C10H11BINO3/c12-6-1-2-7-10-9(6)8(5-13)16-11(10)15-4-3-14-7/h1-2,8H,3-5,13H2/t8-/m1/s1. The molecule has 2 aliphatic rings. The van der Waals surface area contributed by atoms with Crippen LogP contribution in [-0.2, 0) is 9.31 Å². The minimum Gasteiger partial charge on any atom is -0.492 e. The molecule has 4 nitrogen and oxygen atoms in total. The lowest BCUT2D eigenvalue weighted by Crippen LogP contribution is -2.31. The van der Waals surface area contributed by atoms with Gasteiger partial charge in [0, 0.05) is 15.6 Å². The zero-order chi connectivity index (χ0) is 11.1. The van der Waals surface area contributed by atoms with Crippen molar-refractivity contribution in [3.63, 3.8) is 0 Å². The Morgan fingerprint density at radius 2 is 2.31 bits per heavy atom. The van der Waals surface area contributed by atoms with Crippen molar-refractivity contribution in [2.45, 2.75) is 6.10 Å². The molecule has 1 aromatic rings. The van der Waals surface area contributed by atoms with Crippen LogP contribution in [0.3, 0.4) is 0 Å². The van der Waals surface area contributed by atoms with Gasteiger partial charge in [0.1, 0.15) is 12.4 Å². The van der Waals surface area contributed by atoms with Crippen LogP contribution in [0, 0.1) is 3.57 Å². The van der Waals surface area contributed by atoms with Gasteiger partial charge in [0.2, 0.25) is 0 Å². The molecule has 16 heavy (non-hydrogen) atoms. The second-order valence-corrected chi connectivity index (χ2v) is 4.95. The van der Waals surface area contributed by atoms with Crippen molar-refractivity contribution in [3.8, 4) is 5.75 Å². The van der Waals surface area contributed by atoms with Crippen molar-refractivity contribution < 1.29 is 14.0 Å². The van der Waals surface area contributed by atoms with Crippen molar-refractivity contribution in [1.82, 2.24) is 0 Å². The van der Waals surface area contributed by atoms with Gasteiger partial charge in [0.05, 0.1) is 12.7 Å². The first-order chi connectivity index (χ1) is 7.81. The van der Waals surface area contributed by atoms with E-state index >= 15 is 0 Å². The molecule has 2 aliphatic heterocycles. The van der Waals surface area contributed by atoms with E-state index < -0.39 is 0 Å². The molecule has 1 aromatic carbocycles. The molecule has 1 atom stereocenters. The van der Waals surface area contributed by atoms with Crippen LogP contribution < -0.4 is 15.9 Å². The Hall–Kier alpha value is -0.305. The monoisotopic (exact) mass is 331 g/mol. The zero-order valence-electron chi connectivity index (χ0n) is 8.61. The Morgan fingerprint density at radius 3 is 3.12 bits per heavy atom. The van der Waals surface area contributed by atoms with E-state index in [-0.39, 0.29) is 13.2 Å². The first-order valence-corrected chi connectivity index (χ1v) is 6.31. The van der Waals surface area contributed by atoms with Crippen LogP contribution in [0.1, 0.15) is 11.7 Å². The summed E-state index contributed by atoms with van der Waals surface area (Å²) in [6.45, 7) is 1.58. The van der Waals surface area contributed by atoms with Crippen molar-refractivity contribution in [2.75, 3.05) is 19.8 Å². The summed E-state index contributed by atoms with van der Waals surface area (Å²) >= 11 is 2.30. The Balaban J connectivity index is 2.17. The topological polar surface area (TPSA) is 53.7 Å². The highest BCUT2D eigenvalue weighted by Crippen LogP contribution is 2.32. The Morgan fingerprint density at radius 1 is 1.44 bits per heavy atom. The van der Waals surface area contributed by atoms with Crippen LogP contribution in [0.15, 0.2) is 12.1 Å². The summed E-state index contributed by atoms with van der Waals surface area (Å²) in [4.78, 5) is 0. The lowest BCUT2D eigenvalue weighted by Gasteiger charge is -2.13. The quantitative estimate of drug-likeness (QED) is 0.599. The number of hydrogen-bond donors (Lipinski definition) is 1. The highest BCUT2D eigenvalue weighted by molar-refractivity contribution is 14.1. The fourth-order valence-electron chi connectivity index (χ4n) is 2.17. The van der Waals surface area contributed by atoms with E-state index in [0.717, 1.165) is 20.3 Å². The third kappa shape index (κ3) is 1.55. The zero-order valence-corrected chi connectivity index (χ0v) is 10.8. The van der Waals surface area contributed by atoms with Gasteiger partial charge in [-0.3, -0.25) is 0 Å². The van der Waals surface area contributed by atoms with Crippen LogP contribution in [0.4, 0.5) is 0 Å². The molecule has 0 bridgehead atoms. The van der Waals surface area contributed by atoms with Gasteiger partial charge in [-0.25, -0.2) is 0 Å². The molecule has 0 aliphatic carbocycles. The van der Waals surface area contributed by atoms with Crippen LogP contribution in [-0.4, -0.2) is 26.9 Å². The van der Waals surface area contributed by atoms with Gasteiger partial charge >= 0.3 is 7.12 Å². The van der Waals surface area contributed by atoms with Gasteiger partial charge in [0.15, 0.2) is 0 Å². The molecule has 2 N–H and O–H groups in total. The minimum atomic E-state index is -0.309. The van der Waals surface area contributed by atoms with Crippen molar-refractivity contribution in [3.05, 3.63) is 21.3 Å². The molecule has 0 unspecified atom stereocenters. The largest absolute Gasteiger partial charge is 0.498 e. The molecule has 3 rings (SSSR count). The van der Waals surface area contributed by atoms with E-state index in [1.165, 1.54) is 0 Å². The van der Waals surface area contributed by atoms with Crippen molar-refractivity contribution >= 4 is 35.2 Å². The fourth-order valence-corrected chi connectivity index (χ4v) is 2.99. The molecule has 0 fully saturated rings. The smallest absolute Gasteiger partial charge is 0.492 e. The molecule has 0 spiro atoms. The number of halogens is 1. The molecule has 0 radical (unpaired) electrons. The highest BCUT2D eigenvalue weighted by Gasteiger charge is 2.42. The molecular formula is C10H11BINO3. The third-order valence-corrected chi connectivity index (χ3v) is 3.80. The van der Waals surface area contributed by atoms with Crippen LogP contribution in [0.5, 0.6) is 5.75 Å². The van der Waals surface area contributed by atoms with Crippen LogP contribution in [0.2, 0.25) is 0 Å². The predicted octanol–water partition coefficient (Wildman–Crippen LogP) is 0.425. The highest BCUT2D eigenvalue weighted by atomic mass is 127. The summed E-state index contributed by atoms with van der Waals surface area (Å²) in [5.74, 6) is 0.869. The summed E-state index contributed by atoms with van der Waals surface area (Å²) in [5.41, 5.74) is 7.88. The summed E-state index contributed by atoms with van der Waals surface area (Å²) in [7, 11) is -0.309. The van der Waals surface area contributed by atoms with Crippen LogP contribution in [0.25, 0.3) is 0 Å². The predicted molar refractivity (Wildman–Crippen MR) is 68.9 cm³/mol. The molecule has 0 saturated heterocycles. The number of hydrogen-bond acceptors (Lipinski definition) is 4. The summed E-state index contributed by atoms with van der Waals surface area (Å²) in [6.07, 6.45) is -0.0754. The van der Waals surface area contributed by atoms with Gasteiger partial charge in [0.25, 0.3) is 0 Å². The Labute approximate surface area is 108 Å². The minimum absolute atomic E-state index is 0.0754. The van der Waals surface area contributed by atoms with Gasteiger partial charge in [-0.1, -0.05) is 0 Å². The molecule has 6 heteroatoms. The average Bonchev–Trinajstić information content (AvgIpc) is 2.55. The average molecular weight is 331 g/mol. The molecule has 0 saturated carbocycles. The van der Waals surface area contributed by atoms with Gasteiger partial charge in [-0.2, -0.15) is 0 Å². The molecule has 0 amide bonds. The Bertz CT molecular complexity index is 429. The SMILES string of the molecule is NC[C@H]1OB2OCCOc3ccc(I)c1c32. The third-order valence-electron chi connectivity index (χ3n) is 2.86. The Kier molecular flexibility index (Phi) is 2.82. The second-order valence-electron chi connectivity index (χ2n) is 3.78. The lowest BCUT2D eigenvalue weighted by atomic mass is 9.78. The maximum atomic E-state index is 5.79. The van der Waals surface area contributed by atoms with Gasteiger partial charge in [-0.15, -0.1) is 0 Å².